The molecule has 0 aromatic heterocycles. The molecule has 0 spiro atoms. The van der Waals surface area contributed by atoms with Crippen molar-refractivity contribution in [3.8, 4) is 5.75 Å². The fourth-order valence-electron chi connectivity index (χ4n) is 2.20. The number of nitrogens with one attached hydrogen (secondary N) is 1. The van der Waals surface area contributed by atoms with Gasteiger partial charge >= 0.3 is 0 Å². The van der Waals surface area contributed by atoms with Crippen molar-refractivity contribution in [1.82, 2.24) is 5.32 Å². The third-order valence-corrected chi connectivity index (χ3v) is 3.49. The van der Waals surface area contributed by atoms with Gasteiger partial charge in [0.2, 0.25) is 5.91 Å². The second-order valence-electron chi connectivity index (χ2n) is 5.45. The Hall–Kier alpha value is -2.33. The van der Waals surface area contributed by atoms with Gasteiger partial charge in [-0.3, -0.25) is 4.79 Å². The van der Waals surface area contributed by atoms with Gasteiger partial charge in [0, 0.05) is 13.0 Å². The zero-order valence-corrected chi connectivity index (χ0v) is 12.6. The quantitative estimate of drug-likeness (QED) is 0.764. The van der Waals surface area contributed by atoms with E-state index in [1.165, 1.54) is 0 Å². The molecule has 0 radical (unpaired) electrons. The normalized spacial score (nSPS) is 11.9. The molecule has 0 aliphatic heterocycles. The SMILES string of the molecule is Cc1ccc(CC(=O)NCC(O)Cc2ccccc2)cc1O. The summed E-state index contributed by atoms with van der Waals surface area (Å²) in [6, 6.07) is 14.8. The molecule has 1 atom stereocenters. The van der Waals surface area contributed by atoms with Crippen LogP contribution in [-0.2, 0) is 17.6 Å². The molecule has 2 rings (SSSR count). The smallest absolute Gasteiger partial charge is 0.224 e. The number of hydrogen-bond donors (Lipinski definition) is 3. The van der Waals surface area contributed by atoms with Crippen molar-refractivity contribution in [2.45, 2.75) is 25.9 Å². The third kappa shape index (κ3) is 4.90. The van der Waals surface area contributed by atoms with Gasteiger partial charge in [-0.05, 0) is 29.7 Å². The van der Waals surface area contributed by atoms with Crippen molar-refractivity contribution < 1.29 is 15.0 Å². The Bertz CT molecular complexity index is 625. The highest BCUT2D eigenvalue weighted by atomic mass is 16.3. The van der Waals surface area contributed by atoms with Crippen LogP contribution in [0.5, 0.6) is 5.75 Å². The molecule has 116 valence electrons. The molecule has 4 heteroatoms. The molecule has 1 amide bonds. The molecule has 4 nitrogen and oxygen atoms in total. The maximum atomic E-state index is 11.9. The summed E-state index contributed by atoms with van der Waals surface area (Å²) in [4.78, 5) is 11.9. The van der Waals surface area contributed by atoms with Crippen LogP contribution in [-0.4, -0.2) is 28.8 Å². The van der Waals surface area contributed by atoms with Gasteiger partial charge < -0.3 is 15.5 Å². The molecule has 0 aliphatic rings. The monoisotopic (exact) mass is 299 g/mol. The van der Waals surface area contributed by atoms with Crippen LogP contribution in [0.1, 0.15) is 16.7 Å². The van der Waals surface area contributed by atoms with Crippen LogP contribution in [0.25, 0.3) is 0 Å². The second-order valence-corrected chi connectivity index (χ2v) is 5.45. The van der Waals surface area contributed by atoms with Gasteiger partial charge in [0.25, 0.3) is 0 Å². The van der Waals surface area contributed by atoms with Gasteiger partial charge in [0.1, 0.15) is 5.75 Å². The highest BCUT2D eigenvalue weighted by Gasteiger charge is 2.09. The lowest BCUT2D eigenvalue weighted by molar-refractivity contribution is -0.120. The van der Waals surface area contributed by atoms with Crippen LogP contribution >= 0.6 is 0 Å². The molecule has 22 heavy (non-hydrogen) atoms. The van der Waals surface area contributed by atoms with E-state index in [9.17, 15) is 15.0 Å². The summed E-state index contributed by atoms with van der Waals surface area (Å²) in [6.07, 6.45) is 0.0796. The van der Waals surface area contributed by atoms with Crippen LogP contribution in [0.3, 0.4) is 0 Å². The van der Waals surface area contributed by atoms with E-state index in [0.717, 1.165) is 16.7 Å². The van der Waals surface area contributed by atoms with Crippen molar-refractivity contribution >= 4 is 5.91 Å². The number of aliphatic hydroxyl groups excluding tert-OH is 1. The lowest BCUT2D eigenvalue weighted by Crippen LogP contribution is -2.34. The van der Waals surface area contributed by atoms with Gasteiger partial charge in [-0.2, -0.15) is 0 Å². The van der Waals surface area contributed by atoms with Crippen molar-refractivity contribution in [2.24, 2.45) is 0 Å². The number of phenolic OH excluding ortho intramolecular Hbond substituents is 1. The zero-order chi connectivity index (χ0) is 15.9. The predicted molar refractivity (Wildman–Crippen MR) is 85.7 cm³/mol. The van der Waals surface area contributed by atoms with Gasteiger partial charge in [0.05, 0.1) is 12.5 Å². The Kier molecular flexibility index (Phi) is 5.55. The minimum atomic E-state index is -0.613. The molecule has 0 bridgehead atoms. The van der Waals surface area contributed by atoms with Crippen molar-refractivity contribution in [3.05, 3.63) is 65.2 Å². The summed E-state index contributed by atoms with van der Waals surface area (Å²) in [7, 11) is 0. The van der Waals surface area contributed by atoms with Crippen LogP contribution in [0, 0.1) is 6.92 Å². The standard InChI is InChI=1S/C18H21NO3/c1-13-7-8-15(10-17(13)21)11-18(22)19-12-16(20)9-14-5-3-2-4-6-14/h2-8,10,16,20-21H,9,11-12H2,1H3,(H,19,22). The largest absolute Gasteiger partial charge is 0.508 e. The van der Waals surface area contributed by atoms with Crippen LogP contribution in [0.4, 0.5) is 0 Å². The number of benzene rings is 2. The summed E-state index contributed by atoms with van der Waals surface area (Å²) in [5.41, 5.74) is 2.56. The third-order valence-electron chi connectivity index (χ3n) is 3.49. The van der Waals surface area contributed by atoms with Gasteiger partial charge in [-0.15, -0.1) is 0 Å². The van der Waals surface area contributed by atoms with E-state index in [1.54, 1.807) is 19.1 Å². The molecule has 2 aromatic rings. The fraction of sp³-hybridized carbons (Fsp3) is 0.278. The molecule has 0 saturated carbocycles. The highest BCUT2D eigenvalue weighted by Crippen LogP contribution is 2.17. The lowest BCUT2D eigenvalue weighted by atomic mass is 10.1. The van der Waals surface area contributed by atoms with Crippen molar-refractivity contribution in [2.75, 3.05) is 6.54 Å². The Morgan fingerprint density at radius 2 is 1.86 bits per heavy atom. The molecule has 0 heterocycles. The Morgan fingerprint density at radius 1 is 1.14 bits per heavy atom. The number of aromatic hydroxyl groups is 1. The summed E-state index contributed by atoms with van der Waals surface area (Å²) in [5.74, 6) is 0.0183. The second kappa shape index (κ2) is 7.61. The van der Waals surface area contributed by atoms with Crippen LogP contribution < -0.4 is 5.32 Å². The summed E-state index contributed by atoms with van der Waals surface area (Å²) < 4.78 is 0. The average Bonchev–Trinajstić information content (AvgIpc) is 2.50. The zero-order valence-electron chi connectivity index (χ0n) is 12.6. The number of carbonyl (C=O) groups excluding carboxylic acids is 1. The maximum absolute atomic E-state index is 11.9. The number of phenols is 1. The Labute approximate surface area is 130 Å². The van der Waals surface area contributed by atoms with Crippen LogP contribution in [0.15, 0.2) is 48.5 Å². The van der Waals surface area contributed by atoms with Gasteiger partial charge in [-0.1, -0.05) is 42.5 Å². The number of hydrogen-bond acceptors (Lipinski definition) is 3. The van der Waals surface area contributed by atoms with E-state index < -0.39 is 6.10 Å². The maximum Gasteiger partial charge on any atom is 0.224 e. The van der Waals surface area contributed by atoms with E-state index in [4.69, 9.17) is 0 Å². The molecule has 0 fully saturated rings. The molecule has 0 aliphatic carbocycles. The topological polar surface area (TPSA) is 69.6 Å². The Morgan fingerprint density at radius 3 is 2.55 bits per heavy atom. The number of rotatable bonds is 6. The fourth-order valence-corrected chi connectivity index (χ4v) is 2.20. The minimum Gasteiger partial charge on any atom is -0.508 e. The summed E-state index contributed by atoms with van der Waals surface area (Å²) in [6.45, 7) is 2.02. The number of aliphatic hydroxyl groups is 1. The first-order chi connectivity index (χ1) is 10.5. The number of aryl methyl sites for hydroxylation is 1. The first kappa shape index (κ1) is 16.0. The average molecular weight is 299 g/mol. The summed E-state index contributed by atoms with van der Waals surface area (Å²) >= 11 is 0. The van der Waals surface area contributed by atoms with Gasteiger partial charge in [0.15, 0.2) is 0 Å². The highest BCUT2D eigenvalue weighted by molar-refractivity contribution is 5.78. The van der Waals surface area contributed by atoms with Crippen molar-refractivity contribution in [1.29, 1.82) is 0 Å². The number of amides is 1. The predicted octanol–water partition coefficient (Wildman–Crippen LogP) is 1.96. The first-order valence-electron chi connectivity index (χ1n) is 7.32. The molecular formula is C18H21NO3. The molecule has 1 unspecified atom stereocenters. The molecule has 0 saturated heterocycles. The first-order valence-corrected chi connectivity index (χ1v) is 7.32. The molecular weight excluding hydrogens is 278 g/mol. The Balaban J connectivity index is 1.78. The number of carbonyl (C=O) groups is 1. The van der Waals surface area contributed by atoms with Gasteiger partial charge in [-0.25, -0.2) is 0 Å². The minimum absolute atomic E-state index is 0.171. The van der Waals surface area contributed by atoms with Crippen LogP contribution in [0.2, 0.25) is 0 Å². The molecule has 3 N–H and O–H groups in total. The van der Waals surface area contributed by atoms with E-state index in [1.807, 2.05) is 36.4 Å². The lowest BCUT2D eigenvalue weighted by Gasteiger charge is -2.12. The van der Waals surface area contributed by atoms with E-state index in [0.29, 0.717) is 6.42 Å². The van der Waals surface area contributed by atoms with E-state index in [2.05, 4.69) is 5.32 Å². The summed E-state index contributed by atoms with van der Waals surface area (Å²) in [5, 5.41) is 22.3. The van der Waals surface area contributed by atoms with E-state index in [-0.39, 0.29) is 24.6 Å². The van der Waals surface area contributed by atoms with Crippen molar-refractivity contribution in [3.63, 3.8) is 0 Å². The molecule has 2 aromatic carbocycles. The van der Waals surface area contributed by atoms with E-state index >= 15 is 0 Å².